The molecular formula is C14H16N2O3. The normalized spacial score (nSPS) is 13.2. The van der Waals surface area contributed by atoms with Crippen LogP contribution < -0.4 is 15.4 Å². The molecule has 1 aromatic rings. The van der Waals surface area contributed by atoms with Crippen molar-refractivity contribution < 1.29 is 14.6 Å². The van der Waals surface area contributed by atoms with Crippen LogP contribution in [0.2, 0.25) is 0 Å². The third kappa shape index (κ3) is 3.90. The molecule has 1 aliphatic carbocycles. The van der Waals surface area contributed by atoms with Gasteiger partial charge in [0.25, 0.3) is 0 Å². The molecule has 1 aromatic carbocycles. The minimum absolute atomic E-state index is 0.197. The van der Waals surface area contributed by atoms with Crippen LogP contribution in [0.25, 0.3) is 0 Å². The van der Waals surface area contributed by atoms with Gasteiger partial charge in [0.1, 0.15) is 12.4 Å². The summed E-state index contributed by atoms with van der Waals surface area (Å²) in [7, 11) is 1.54. The van der Waals surface area contributed by atoms with Gasteiger partial charge in [-0.05, 0) is 31.0 Å². The van der Waals surface area contributed by atoms with E-state index in [9.17, 15) is 4.79 Å². The Morgan fingerprint density at radius 3 is 2.95 bits per heavy atom. The van der Waals surface area contributed by atoms with Crippen molar-refractivity contribution in [2.24, 2.45) is 0 Å². The van der Waals surface area contributed by atoms with Crippen LogP contribution in [0.4, 0.5) is 10.5 Å². The lowest BCUT2D eigenvalue weighted by atomic mass is 10.2. The van der Waals surface area contributed by atoms with Gasteiger partial charge in [-0.15, -0.1) is 0 Å². The SMILES string of the molecule is COc1ccc(C#CCO)cc1NC(=O)NC1CC1. The first kappa shape index (κ1) is 13.2. The Labute approximate surface area is 112 Å². The predicted octanol–water partition coefficient (Wildman–Crippen LogP) is 1.32. The van der Waals surface area contributed by atoms with Crippen LogP contribution in [0.1, 0.15) is 18.4 Å². The topological polar surface area (TPSA) is 70.6 Å². The highest BCUT2D eigenvalue weighted by molar-refractivity contribution is 5.91. The molecule has 1 fully saturated rings. The van der Waals surface area contributed by atoms with Gasteiger partial charge in [0.15, 0.2) is 0 Å². The van der Waals surface area contributed by atoms with Gasteiger partial charge in [-0.3, -0.25) is 0 Å². The fourth-order valence-electron chi connectivity index (χ4n) is 1.60. The number of benzene rings is 1. The molecule has 1 saturated carbocycles. The number of methoxy groups -OCH3 is 1. The number of aliphatic hydroxyl groups excluding tert-OH is 1. The predicted molar refractivity (Wildman–Crippen MR) is 72.1 cm³/mol. The van der Waals surface area contributed by atoms with Crippen molar-refractivity contribution >= 4 is 11.7 Å². The number of hydrogen-bond acceptors (Lipinski definition) is 3. The second-order valence-electron chi connectivity index (χ2n) is 4.25. The van der Waals surface area contributed by atoms with Crippen LogP contribution in [0, 0.1) is 11.8 Å². The summed E-state index contributed by atoms with van der Waals surface area (Å²) in [6.07, 6.45) is 2.07. The molecule has 2 rings (SSSR count). The van der Waals surface area contributed by atoms with Gasteiger partial charge in [-0.1, -0.05) is 11.8 Å². The van der Waals surface area contributed by atoms with Crippen molar-refractivity contribution in [1.29, 1.82) is 0 Å². The Kier molecular flexibility index (Phi) is 4.26. The van der Waals surface area contributed by atoms with E-state index in [0.29, 0.717) is 23.0 Å². The first-order valence-electron chi connectivity index (χ1n) is 6.08. The van der Waals surface area contributed by atoms with Crippen molar-refractivity contribution in [3.05, 3.63) is 23.8 Å². The van der Waals surface area contributed by atoms with Crippen LogP contribution in [0.5, 0.6) is 5.75 Å². The van der Waals surface area contributed by atoms with Gasteiger partial charge in [-0.25, -0.2) is 4.79 Å². The largest absolute Gasteiger partial charge is 0.495 e. The molecule has 0 aromatic heterocycles. The lowest BCUT2D eigenvalue weighted by molar-refractivity contribution is 0.251. The van der Waals surface area contributed by atoms with Crippen LogP contribution in [0.3, 0.4) is 0 Å². The molecule has 3 N–H and O–H groups in total. The second kappa shape index (κ2) is 6.12. The Morgan fingerprint density at radius 1 is 1.53 bits per heavy atom. The molecule has 5 nitrogen and oxygen atoms in total. The quantitative estimate of drug-likeness (QED) is 0.718. The van der Waals surface area contributed by atoms with E-state index in [1.54, 1.807) is 25.3 Å². The maximum absolute atomic E-state index is 11.7. The fourth-order valence-corrected chi connectivity index (χ4v) is 1.60. The summed E-state index contributed by atoms with van der Waals surface area (Å²) >= 11 is 0. The third-order valence-corrected chi connectivity index (χ3v) is 2.67. The van der Waals surface area contributed by atoms with Crippen LogP contribution in [-0.2, 0) is 0 Å². The lowest BCUT2D eigenvalue weighted by Gasteiger charge is -2.11. The zero-order valence-electron chi connectivity index (χ0n) is 10.7. The molecule has 100 valence electrons. The molecule has 2 amide bonds. The number of anilines is 1. The number of ether oxygens (including phenoxy) is 1. The van der Waals surface area contributed by atoms with Crippen molar-refractivity contribution in [3.8, 4) is 17.6 Å². The molecule has 0 bridgehead atoms. The smallest absolute Gasteiger partial charge is 0.319 e. The minimum atomic E-state index is -0.243. The summed E-state index contributed by atoms with van der Waals surface area (Å²) in [5.41, 5.74) is 1.27. The number of hydrogen-bond donors (Lipinski definition) is 3. The maximum atomic E-state index is 11.7. The molecular weight excluding hydrogens is 244 g/mol. The summed E-state index contributed by atoms with van der Waals surface area (Å²) in [6, 6.07) is 5.27. The third-order valence-electron chi connectivity index (χ3n) is 2.67. The van der Waals surface area contributed by atoms with E-state index in [1.807, 2.05) is 0 Å². The lowest BCUT2D eigenvalue weighted by Crippen LogP contribution is -2.30. The van der Waals surface area contributed by atoms with E-state index >= 15 is 0 Å². The first-order valence-corrected chi connectivity index (χ1v) is 6.08. The highest BCUT2D eigenvalue weighted by Crippen LogP contribution is 2.25. The van der Waals surface area contributed by atoms with E-state index in [0.717, 1.165) is 12.8 Å². The Balaban J connectivity index is 2.12. The molecule has 19 heavy (non-hydrogen) atoms. The standard InChI is InChI=1S/C14H16N2O3/c1-19-13-7-4-10(3-2-8-17)9-12(13)16-14(18)15-11-5-6-11/h4,7,9,11,17H,5-6,8H2,1H3,(H2,15,16,18). The Morgan fingerprint density at radius 2 is 2.32 bits per heavy atom. The Hall–Kier alpha value is -2.19. The molecule has 0 heterocycles. The summed E-state index contributed by atoms with van der Waals surface area (Å²) in [5.74, 6) is 5.92. The maximum Gasteiger partial charge on any atom is 0.319 e. The van der Waals surface area contributed by atoms with E-state index in [4.69, 9.17) is 9.84 Å². The molecule has 0 saturated heterocycles. The van der Waals surface area contributed by atoms with Crippen molar-refractivity contribution in [3.63, 3.8) is 0 Å². The number of urea groups is 1. The van der Waals surface area contributed by atoms with Gasteiger partial charge < -0.3 is 20.5 Å². The molecule has 0 unspecified atom stereocenters. The summed E-state index contributed by atoms with van der Waals surface area (Å²) in [6.45, 7) is -0.197. The van der Waals surface area contributed by atoms with E-state index in [1.165, 1.54) is 0 Å². The van der Waals surface area contributed by atoms with Crippen molar-refractivity contribution in [1.82, 2.24) is 5.32 Å². The monoisotopic (exact) mass is 260 g/mol. The minimum Gasteiger partial charge on any atom is -0.495 e. The summed E-state index contributed by atoms with van der Waals surface area (Å²) < 4.78 is 5.19. The fraction of sp³-hybridized carbons (Fsp3) is 0.357. The van der Waals surface area contributed by atoms with E-state index in [-0.39, 0.29) is 12.6 Å². The van der Waals surface area contributed by atoms with Crippen molar-refractivity contribution in [2.75, 3.05) is 19.0 Å². The van der Waals surface area contributed by atoms with Crippen LogP contribution >= 0.6 is 0 Å². The number of carbonyl (C=O) groups excluding carboxylic acids is 1. The molecule has 1 aliphatic rings. The Bertz CT molecular complexity index is 527. The summed E-state index contributed by atoms with van der Waals surface area (Å²) in [5, 5.41) is 14.3. The second-order valence-corrected chi connectivity index (χ2v) is 4.25. The number of aliphatic hydroxyl groups is 1. The van der Waals surface area contributed by atoms with Gasteiger partial charge in [0, 0.05) is 11.6 Å². The number of amides is 2. The van der Waals surface area contributed by atoms with E-state index < -0.39 is 0 Å². The highest BCUT2D eigenvalue weighted by atomic mass is 16.5. The van der Waals surface area contributed by atoms with Gasteiger partial charge in [0.2, 0.25) is 0 Å². The number of rotatable bonds is 3. The highest BCUT2D eigenvalue weighted by Gasteiger charge is 2.23. The van der Waals surface area contributed by atoms with Gasteiger partial charge >= 0.3 is 6.03 Å². The van der Waals surface area contributed by atoms with Gasteiger partial charge in [-0.2, -0.15) is 0 Å². The molecule has 0 radical (unpaired) electrons. The molecule has 0 spiro atoms. The molecule has 5 heteroatoms. The molecule has 0 atom stereocenters. The first-order chi connectivity index (χ1) is 9.22. The number of nitrogens with one attached hydrogen (secondary N) is 2. The van der Waals surface area contributed by atoms with Crippen LogP contribution in [-0.4, -0.2) is 30.9 Å². The zero-order valence-corrected chi connectivity index (χ0v) is 10.7. The van der Waals surface area contributed by atoms with Crippen molar-refractivity contribution in [2.45, 2.75) is 18.9 Å². The zero-order chi connectivity index (χ0) is 13.7. The van der Waals surface area contributed by atoms with E-state index in [2.05, 4.69) is 22.5 Å². The summed E-state index contributed by atoms with van der Waals surface area (Å²) in [4.78, 5) is 11.7. The number of carbonyl (C=O) groups is 1. The van der Waals surface area contributed by atoms with Crippen LogP contribution in [0.15, 0.2) is 18.2 Å². The molecule has 0 aliphatic heterocycles. The van der Waals surface area contributed by atoms with Gasteiger partial charge in [0.05, 0.1) is 12.8 Å². The average Bonchev–Trinajstić information content (AvgIpc) is 3.20. The average molecular weight is 260 g/mol.